The third-order valence-corrected chi connectivity index (χ3v) is 2.67. The minimum absolute atomic E-state index is 0.493. The van der Waals surface area contributed by atoms with Crippen molar-refractivity contribution in [2.45, 2.75) is 19.8 Å². The largest absolute Gasteiger partial charge is 0.481 e. The Morgan fingerprint density at radius 2 is 1.78 bits per heavy atom. The number of ether oxygens (including phenoxy) is 2. The van der Waals surface area contributed by atoms with Crippen LogP contribution in [-0.2, 0) is 0 Å². The maximum Gasteiger partial charge on any atom is 0.232 e. The van der Waals surface area contributed by atoms with Gasteiger partial charge in [0.05, 0.1) is 20.3 Å². The van der Waals surface area contributed by atoms with Crippen LogP contribution in [0.3, 0.4) is 0 Å². The van der Waals surface area contributed by atoms with Crippen molar-refractivity contribution in [3.05, 3.63) is 6.07 Å². The molecule has 0 bridgehead atoms. The van der Waals surface area contributed by atoms with E-state index in [4.69, 9.17) is 21.1 Å². The van der Waals surface area contributed by atoms with Gasteiger partial charge in [-0.1, -0.05) is 13.3 Å². The van der Waals surface area contributed by atoms with E-state index in [0.29, 0.717) is 30.1 Å². The van der Waals surface area contributed by atoms with E-state index in [-0.39, 0.29) is 0 Å². The van der Waals surface area contributed by atoms with Crippen LogP contribution in [0.4, 0.5) is 5.95 Å². The summed E-state index contributed by atoms with van der Waals surface area (Å²) < 4.78 is 10.3. The number of nitrogens with zero attached hydrogens (tertiary/aromatic N) is 3. The average Bonchev–Trinajstić information content (AvgIpc) is 2.42. The van der Waals surface area contributed by atoms with Gasteiger partial charge in [-0.3, -0.25) is 0 Å². The lowest BCUT2D eigenvalue weighted by atomic mass is 10.3. The van der Waals surface area contributed by atoms with Gasteiger partial charge in [-0.2, -0.15) is 9.97 Å². The molecule has 0 aliphatic rings. The fraction of sp³-hybridized carbons (Fsp3) is 0.667. The van der Waals surface area contributed by atoms with Crippen LogP contribution in [0.25, 0.3) is 0 Å². The Morgan fingerprint density at radius 3 is 2.22 bits per heavy atom. The van der Waals surface area contributed by atoms with Crippen molar-refractivity contribution in [3.8, 4) is 11.8 Å². The number of methoxy groups -OCH3 is 2. The molecule has 1 aromatic rings. The molecule has 1 heterocycles. The Balaban J connectivity index is 2.93. The second-order valence-corrected chi connectivity index (χ2v) is 4.16. The summed E-state index contributed by atoms with van der Waals surface area (Å²) in [4.78, 5) is 10.7. The summed E-state index contributed by atoms with van der Waals surface area (Å²) in [5.74, 6) is 2.12. The summed E-state index contributed by atoms with van der Waals surface area (Å²) in [7, 11) is 3.15. The van der Waals surface area contributed by atoms with Crippen molar-refractivity contribution in [1.82, 2.24) is 9.97 Å². The molecule has 102 valence electrons. The summed E-state index contributed by atoms with van der Waals surface area (Å²) in [6.07, 6.45) is 2.18. The molecule has 0 radical (unpaired) electrons. The molecular formula is C12H20ClN3O2. The first-order valence-corrected chi connectivity index (χ1v) is 6.56. The molecule has 18 heavy (non-hydrogen) atoms. The van der Waals surface area contributed by atoms with Crippen LogP contribution in [-0.4, -0.2) is 43.2 Å². The van der Waals surface area contributed by atoms with Crippen LogP contribution in [0.2, 0.25) is 0 Å². The van der Waals surface area contributed by atoms with Gasteiger partial charge in [0.2, 0.25) is 17.7 Å². The van der Waals surface area contributed by atoms with Crippen molar-refractivity contribution in [2.75, 3.05) is 38.1 Å². The first-order valence-electron chi connectivity index (χ1n) is 6.03. The number of alkyl halides is 1. The first kappa shape index (κ1) is 14.8. The predicted molar refractivity (Wildman–Crippen MR) is 73.0 cm³/mol. The van der Waals surface area contributed by atoms with Crippen LogP contribution in [0.15, 0.2) is 6.07 Å². The minimum Gasteiger partial charge on any atom is -0.481 e. The highest BCUT2D eigenvalue weighted by molar-refractivity contribution is 6.18. The van der Waals surface area contributed by atoms with Crippen molar-refractivity contribution >= 4 is 17.5 Å². The van der Waals surface area contributed by atoms with Gasteiger partial charge in [0.15, 0.2) is 0 Å². The maximum absolute atomic E-state index is 5.81. The van der Waals surface area contributed by atoms with Crippen LogP contribution in [0.1, 0.15) is 19.8 Å². The SMILES string of the molecule is CCCCN(CCCl)c1nc(OC)cc(OC)n1. The van der Waals surface area contributed by atoms with Crippen molar-refractivity contribution in [1.29, 1.82) is 0 Å². The Hall–Kier alpha value is -1.23. The molecule has 6 heteroatoms. The zero-order chi connectivity index (χ0) is 13.4. The zero-order valence-electron chi connectivity index (χ0n) is 11.1. The molecule has 0 saturated carbocycles. The van der Waals surface area contributed by atoms with Crippen molar-refractivity contribution < 1.29 is 9.47 Å². The second-order valence-electron chi connectivity index (χ2n) is 3.78. The van der Waals surface area contributed by atoms with E-state index < -0.39 is 0 Å². The normalized spacial score (nSPS) is 10.2. The van der Waals surface area contributed by atoms with Gasteiger partial charge in [-0.15, -0.1) is 11.6 Å². The Bertz CT molecular complexity index is 341. The molecule has 0 saturated heterocycles. The second kappa shape index (κ2) is 7.97. The Labute approximate surface area is 113 Å². The molecule has 0 aliphatic carbocycles. The molecular weight excluding hydrogens is 254 g/mol. The highest BCUT2D eigenvalue weighted by atomic mass is 35.5. The lowest BCUT2D eigenvalue weighted by Crippen LogP contribution is -2.28. The van der Waals surface area contributed by atoms with Gasteiger partial charge < -0.3 is 14.4 Å². The summed E-state index contributed by atoms with van der Waals surface area (Å²) in [6.45, 7) is 3.73. The molecule has 0 amide bonds. The van der Waals surface area contributed by atoms with Crippen LogP contribution < -0.4 is 14.4 Å². The number of rotatable bonds is 8. The first-order chi connectivity index (χ1) is 8.74. The van der Waals surface area contributed by atoms with Crippen LogP contribution in [0, 0.1) is 0 Å². The summed E-state index contributed by atoms with van der Waals surface area (Å²) in [5, 5.41) is 0. The van der Waals surface area contributed by atoms with E-state index in [1.807, 2.05) is 4.90 Å². The molecule has 0 aliphatic heterocycles. The molecule has 1 aromatic heterocycles. The van der Waals surface area contributed by atoms with Crippen LogP contribution in [0.5, 0.6) is 11.8 Å². The number of hydrogen-bond acceptors (Lipinski definition) is 5. The van der Waals surface area contributed by atoms with Gasteiger partial charge >= 0.3 is 0 Å². The average molecular weight is 274 g/mol. The third kappa shape index (κ3) is 4.22. The van der Waals surface area contributed by atoms with Gasteiger partial charge in [-0.25, -0.2) is 0 Å². The zero-order valence-corrected chi connectivity index (χ0v) is 11.9. The Morgan fingerprint density at radius 1 is 1.17 bits per heavy atom. The lowest BCUT2D eigenvalue weighted by Gasteiger charge is -2.21. The molecule has 5 nitrogen and oxygen atoms in total. The Kier molecular flexibility index (Phi) is 6.57. The smallest absolute Gasteiger partial charge is 0.232 e. The van der Waals surface area contributed by atoms with Gasteiger partial charge in [0.1, 0.15) is 0 Å². The van der Waals surface area contributed by atoms with Crippen molar-refractivity contribution in [2.24, 2.45) is 0 Å². The summed E-state index contributed by atoms with van der Waals surface area (Å²) >= 11 is 5.81. The van der Waals surface area contributed by atoms with Crippen molar-refractivity contribution in [3.63, 3.8) is 0 Å². The number of hydrogen-bond donors (Lipinski definition) is 0. The van der Waals surface area contributed by atoms with E-state index >= 15 is 0 Å². The maximum atomic E-state index is 5.81. The van der Waals surface area contributed by atoms with Gasteiger partial charge in [-0.05, 0) is 6.42 Å². The third-order valence-electron chi connectivity index (χ3n) is 2.50. The fourth-order valence-electron chi connectivity index (χ4n) is 1.51. The van der Waals surface area contributed by atoms with Crippen LogP contribution >= 0.6 is 11.6 Å². The highest BCUT2D eigenvalue weighted by Crippen LogP contribution is 2.20. The fourth-order valence-corrected chi connectivity index (χ4v) is 1.71. The summed E-state index contributed by atoms with van der Waals surface area (Å²) in [5.41, 5.74) is 0. The van der Waals surface area contributed by atoms with E-state index in [0.717, 1.165) is 19.4 Å². The van der Waals surface area contributed by atoms with E-state index in [9.17, 15) is 0 Å². The molecule has 0 atom stereocenters. The molecule has 0 unspecified atom stereocenters. The molecule has 0 spiro atoms. The van der Waals surface area contributed by atoms with Gasteiger partial charge in [0.25, 0.3) is 0 Å². The molecule has 0 N–H and O–H groups in total. The van der Waals surface area contributed by atoms with E-state index in [1.54, 1.807) is 20.3 Å². The van der Waals surface area contributed by atoms with E-state index in [2.05, 4.69) is 16.9 Å². The highest BCUT2D eigenvalue weighted by Gasteiger charge is 2.12. The number of anilines is 1. The number of aromatic nitrogens is 2. The van der Waals surface area contributed by atoms with Gasteiger partial charge in [0, 0.05) is 19.0 Å². The quantitative estimate of drug-likeness (QED) is 0.681. The molecule has 0 fully saturated rings. The number of unbranched alkanes of at least 4 members (excludes halogenated alkanes) is 1. The minimum atomic E-state index is 0.493. The topological polar surface area (TPSA) is 47.5 Å². The predicted octanol–water partition coefficient (Wildman–Crippen LogP) is 2.34. The summed E-state index contributed by atoms with van der Waals surface area (Å²) in [6, 6.07) is 1.65. The monoisotopic (exact) mass is 273 g/mol. The molecule has 1 rings (SSSR count). The lowest BCUT2D eigenvalue weighted by molar-refractivity contribution is 0.371. The van der Waals surface area contributed by atoms with E-state index in [1.165, 1.54) is 0 Å². The standard InChI is InChI=1S/C12H20ClN3O2/c1-4-5-7-16(8-6-13)12-14-10(17-2)9-11(15-12)18-3/h9H,4-8H2,1-3H3. The molecule has 0 aromatic carbocycles. The number of halogens is 1.